The largest absolute Gasteiger partial charge is 0.289 e. The van der Waals surface area contributed by atoms with Gasteiger partial charge in [0.2, 0.25) is 0 Å². The molecule has 0 aliphatic carbocycles. The summed E-state index contributed by atoms with van der Waals surface area (Å²) in [5.41, 5.74) is 2.14. The maximum Gasteiger partial charge on any atom is 0.195 e. The maximum atomic E-state index is 13.1. The Balaban J connectivity index is 1.72. The minimum absolute atomic E-state index is 0.0418. The first kappa shape index (κ1) is 17.2. The molecule has 0 N–H and O–H groups in total. The van der Waals surface area contributed by atoms with E-state index in [0.29, 0.717) is 10.4 Å². The Hall–Kier alpha value is -2.72. The minimum Gasteiger partial charge on any atom is -0.289 e. The average Bonchev–Trinajstić information content (AvgIpc) is 3.12. The zero-order valence-electron chi connectivity index (χ0n) is 15.1. The van der Waals surface area contributed by atoms with E-state index in [1.54, 1.807) is 28.7 Å². The molecule has 29 heavy (non-hydrogen) atoms. The summed E-state index contributed by atoms with van der Waals surface area (Å²) in [6, 6.07) is 26.6. The molecule has 0 atom stereocenters. The van der Waals surface area contributed by atoms with Gasteiger partial charge in [-0.15, -0.1) is 22.7 Å². The number of rotatable bonds is 1. The molecular weight excluding hydrogens is 416 g/mol. The van der Waals surface area contributed by atoms with E-state index in [-0.39, 0.29) is 5.43 Å². The summed E-state index contributed by atoms with van der Waals surface area (Å²) in [6.07, 6.45) is 0. The number of halogens is 1. The predicted molar refractivity (Wildman–Crippen MR) is 129 cm³/mol. The van der Waals surface area contributed by atoms with Crippen molar-refractivity contribution >= 4 is 74.6 Å². The van der Waals surface area contributed by atoms with Gasteiger partial charge in [-0.1, -0.05) is 48.0 Å². The SMILES string of the molecule is O=c1c2ccccc2sc2c(-c3ccc4sc5ccccc5c4c3)cc(Cl)cc12. The fourth-order valence-electron chi connectivity index (χ4n) is 3.98. The molecule has 6 aromatic rings. The highest BCUT2D eigenvalue weighted by Gasteiger charge is 2.14. The summed E-state index contributed by atoms with van der Waals surface area (Å²) in [5.74, 6) is 0. The molecule has 0 spiro atoms. The summed E-state index contributed by atoms with van der Waals surface area (Å²) < 4.78 is 4.53. The molecule has 1 nitrogen and oxygen atoms in total. The zero-order valence-corrected chi connectivity index (χ0v) is 17.5. The van der Waals surface area contributed by atoms with Crippen LogP contribution in [0.5, 0.6) is 0 Å². The van der Waals surface area contributed by atoms with Crippen LogP contribution in [-0.4, -0.2) is 0 Å². The van der Waals surface area contributed by atoms with Crippen LogP contribution in [0.25, 0.3) is 51.5 Å². The number of hydrogen-bond donors (Lipinski definition) is 0. The van der Waals surface area contributed by atoms with Gasteiger partial charge in [0, 0.05) is 50.9 Å². The van der Waals surface area contributed by atoms with Gasteiger partial charge in [0.1, 0.15) is 0 Å². The number of hydrogen-bond acceptors (Lipinski definition) is 3. The highest BCUT2D eigenvalue weighted by atomic mass is 35.5. The molecule has 0 bridgehead atoms. The van der Waals surface area contributed by atoms with E-state index in [1.165, 1.54) is 20.2 Å². The molecule has 0 saturated heterocycles. The van der Waals surface area contributed by atoms with Crippen LogP contribution in [-0.2, 0) is 0 Å². The van der Waals surface area contributed by atoms with Gasteiger partial charge in [-0.25, -0.2) is 0 Å². The highest BCUT2D eigenvalue weighted by Crippen LogP contribution is 2.40. The molecule has 6 rings (SSSR count). The molecule has 2 heterocycles. The second-order valence-electron chi connectivity index (χ2n) is 7.07. The third-order valence-corrected chi connectivity index (χ3v) is 7.92. The second-order valence-corrected chi connectivity index (χ2v) is 9.64. The number of thiophene rings is 1. The first-order chi connectivity index (χ1) is 14.2. The van der Waals surface area contributed by atoms with Gasteiger partial charge in [0.25, 0.3) is 0 Å². The van der Waals surface area contributed by atoms with Crippen molar-refractivity contribution in [2.24, 2.45) is 0 Å². The quantitative estimate of drug-likeness (QED) is 0.242. The minimum atomic E-state index is 0.0418. The molecule has 0 unspecified atom stereocenters. The second kappa shape index (κ2) is 6.39. The van der Waals surface area contributed by atoms with Crippen molar-refractivity contribution in [3.05, 3.63) is 94.1 Å². The topological polar surface area (TPSA) is 17.1 Å². The third-order valence-electron chi connectivity index (χ3n) is 5.33. The van der Waals surface area contributed by atoms with E-state index < -0.39 is 0 Å². The molecule has 2 aromatic heterocycles. The monoisotopic (exact) mass is 428 g/mol. The summed E-state index contributed by atoms with van der Waals surface area (Å²) in [6.45, 7) is 0. The van der Waals surface area contributed by atoms with Crippen molar-refractivity contribution in [3.8, 4) is 11.1 Å². The van der Waals surface area contributed by atoms with E-state index in [0.717, 1.165) is 25.9 Å². The molecule has 0 aliphatic rings. The van der Waals surface area contributed by atoms with Crippen molar-refractivity contribution in [1.29, 1.82) is 0 Å². The van der Waals surface area contributed by atoms with E-state index in [2.05, 4.69) is 42.5 Å². The fraction of sp³-hybridized carbons (Fsp3) is 0. The smallest absolute Gasteiger partial charge is 0.195 e. The third kappa shape index (κ3) is 2.62. The summed E-state index contributed by atoms with van der Waals surface area (Å²) in [5, 5.41) is 4.52. The van der Waals surface area contributed by atoms with Gasteiger partial charge < -0.3 is 0 Å². The van der Waals surface area contributed by atoms with Gasteiger partial charge in [-0.2, -0.15) is 0 Å². The number of fused-ring (bicyclic) bond motifs is 5. The molecule has 138 valence electrons. The standard InChI is InChI=1S/C25H13ClOS2/c26-15-12-18(25-20(13-15)24(27)17-6-2-4-8-22(17)29-25)14-9-10-23-19(11-14)16-5-1-3-7-21(16)28-23/h1-13H. The van der Waals surface area contributed by atoms with E-state index in [1.807, 2.05) is 30.3 Å². The van der Waals surface area contributed by atoms with Crippen LogP contribution in [0.15, 0.2) is 83.7 Å². The first-order valence-electron chi connectivity index (χ1n) is 9.26. The lowest BCUT2D eigenvalue weighted by molar-refractivity contribution is 1.71. The Kier molecular flexibility index (Phi) is 3.78. The molecule has 0 radical (unpaired) electrons. The average molecular weight is 429 g/mol. The van der Waals surface area contributed by atoms with Gasteiger partial charge in [0.15, 0.2) is 5.43 Å². The van der Waals surface area contributed by atoms with Gasteiger partial charge in [-0.3, -0.25) is 4.79 Å². The van der Waals surface area contributed by atoms with Crippen LogP contribution < -0.4 is 5.43 Å². The van der Waals surface area contributed by atoms with Crippen molar-refractivity contribution in [1.82, 2.24) is 0 Å². The van der Waals surface area contributed by atoms with E-state index in [4.69, 9.17) is 11.6 Å². The lowest BCUT2D eigenvalue weighted by atomic mass is 10.0. The normalized spacial score (nSPS) is 11.8. The van der Waals surface area contributed by atoms with E-state index >= 15 is 0 Å². The molecular formula is C25H13ClOS2. The van der Waals surface area contributed by atoms with Crippen LogP contribution in [0.3, 0.4) is 0 Å². The van der Waals surface area contributed by atoms with E-state index in [9.17, 15) is 4.79 Å². The Morgan fingerprint density at radius 2 is 1.31 bits per heavy atom. The van der Waals surface area contributed by atoms with Gasteiger partial charge in [0.05, 0.1) is 0 Å². The Bertz CT molecular complexity index is 1640. The van der Waals surface area contributed by atoms with Crippen molar-refractivity contribution in [2.45, 2.75) is 0 Å². The molecule has 0 saturated carbocycles. The molecule has 4 aromatic carbocycles. The molecule has 4 heteroatoms. The first-order valence-corrected chi connectivity index (χ1v) is 11.3. The van der Waals surface area contributed by atoms with Crippen molar-refractivity contribution in [2.75, 3.05) is 0 Å². The summed E-state index contributed by atoms with van der Waals surface area (Å²) >= 11 is 9.91. The molecule has 0 aliphatic heterocycles. The van der Waals surface area contributed by atoms with Crippen LogP contribution in [0.2, 0.25) is 5.02 Å². The Morgan fingerprint density at radius 1 is 0.621 bits per heavy atom. The maximum absolute atomic E-state index is 13.1. The van der Waals surface area contributed by atoms with Crippen LogP contribution >= 0.6 is 34.3 Å². The number of benzene rings is 4. The molecule has 0 fully saturated rings. The predicted octanol–water partition coefficient (Wildman–Crippen LogP) is 8.10. The van der Waals surface area contributed by atoms with Crippen molar-refractivity contribution in [3.63, 3.8) is 0 Å². The van der Waals surface area contributed by atoms with Crippen LogP contribution in [0.1, 0.15) is 0 Å². The van der Waals surface area contributed by atoms with Crippen molar-refractivity contribution < 1.29 is 0 Å². The highest BCUT2D eigenvalue weighted by molar-refractivity contribution is 7.26. The Labute approximate surface area is 179 Å². The zero-order chi connectivity index (χ0) is 19.5. The molecule has 0 amide bonds. The van der Waals surface area contributed by atoms with Crippen LogP contribution in [0, 0.1) is 0 Å². The lowest BCUT2D eigenvalue weighted by Crippen LogP contribution is -2.01. The lowest BCUT2D eigenvalue weighted by Gasteiger charge is -2.09. The van der Waals surface area contributed by atoms with Crippen LogP contribution in [0.4, 0.5) is 0 Å². The van der Waals surface area contributed by atoms with Gasteiger partial charge >= 0.3 is 0 Å². The summed E-state index contributed by atoms with van der Waals surface area (Å²) in [4.78, 5) is 13.1. The fourth-order valence-corrected chi connectivity index (χ4v) is 6.47. The Morgan fingerprint density at radius 3 is 2.14 bits per heavy atom. The van der Waals surface area contributed by atoms with Gasteiger partial charge in [-0.05, 0) is 48.0 Å². The summed E-state index contributed by atoms with van der Waals surface area (Å²) in [7, 11) is 0.